The van der Waals surface area contributed by atoms with Gasteiger partial charge in [0.1, 0.15) is 11.5 Å². The Labute approximate surface area is 125 Å². The lowest BCUT2D eigenvalue weighted by molar-refractivity contribution is 0.0790. The number of rotatable bonds is 3. The number of carbonyl (C=O) groups excluding carboxylic acids is 1. The van der Waals surface area contributed by atoms with Gasteiger partial charge in [0.2, 0.25) is 0 Å². The van der Waals surface area contributed by atoms with Gasteiger partial charge >= 0.3 is 0 Å². The molecule has 0 unspecified atom stereocenters. The molecule has 20 heavy (non-hydrogen) atoms. The molecule has 1 atom stereocenters. The van der Waals surface area contributed by atoms with Gasteiger partial charge < -0.3 is 20.1 Å². The van der Waals surface area contributed by atoms with E-state index in [0.717, 1.165) is 12.0 Å². The van der Waals surface area contributed by atoms with Crippen molar-refractivity contribution in [3.8, 4) is 11.5 Å². The largest absolute Gasteiger partial charge is 0.496 e. The van der Waals surface area contributed by atoms with Gasteiger partial charge in [0.05, 0.1) is 14.2 Å². The molecule has 1 aliphatic rings. The third-order valence-electron chi connectivity index (χ3n) is 3.51. The lowest BCUT2D eigenvalue weighted by atomic mass is 10.1. The molecule has 0 aromatic heterocycles. The standard InChI is InChI=1S/C14H20N2O3.ClH/c1-9-12(18-2)6-10(7-13(9)19-3)14(17)16-5-4-11(15)8-16;/h6-7,11H,4-5,8,15H2,1-3H3;1H/t11-;/m1./s1. The van der Waals surface area contributed by atoms with Crippen LogP contribution in [0.4, 0.5) is 0 Å². The van der Waals surface area contributed by atoms with Crippen LogP contribution >= 0.6 is 12.4 Å². The maximum absolute atomic E-state index is 12.4. The van der Waals surface area contributed by atoms with Gasteiger partial charge in [-0.3, -0.25) is 4.79 Å². The molecule has 1 aromatic rings. The van der Waals surface area contributed by atoms with E-state index < -0.39 is 0 Å². The predicted octanol–water partition coefficient (Wildman–Crippen LogP) is 1.61. The van der Waals surface area contributed by atoms with Crippen LogP contribution in [-0.2, 0) is 0 Å². The van der Waals surface area contributed by atoms with Gasteiger partial charge in [-0.05, 0) is 25.5 Å². The summed E-state index contributed by atoms with van der Waals surface area (Å²) in [7, 11) is 3.17. The van der Waals surface area contributed by atoms with Crippen molar-refractivity contribution in [2.45, 2.75) is 19.4 Å². The molecule has 1 amide bonds. The van der Waals surface area contributed by atoms with Gasteiger partial charge in [0.25, 0.3) is 5.91 Å². The number of methoxy groups -OCH3 is 2. The van der Waals surface area contributed by atoms with E-state index in [-0.39, 0.29) is 24.4 Å². The van der Waals surface area contributed by atoms with E-state index in [1.54, 1.807) is 31.3 Å². The molecule has 1 saturated heterocycles. The minimum absolute atomic E-state index is 0. The van der Waals surface area contributed by atoms with Crippen LogP contribution in [0.15, 0.2) is 12.1 Å². The van der Waals surface area contributed by atoms with Crippen molar-refractivity contribution < 1.29 is 14.3 Å². The number of hydrogen-bond donors (Lipinski definition) is 1. The molecule has 1 fully saturated rings. The second kappa shape index (κ2) is 6.81. The fourth-order valence-electron chi connectivity index (χ4n) is 2.36. The number of carbonyl (C=O) groups is 1. The van der Waals surface area contributed by atoms with Crippen LogP contribution in [-0.4, -0.2) is 44.2 Å². The van der Waals surface area contributed by atoms with Gasteiger partial charge in [0, 0.05) is 30.3 Å². The molecule has 2 N–H and O–H groups in total. The van der Waals surface area contributed by atoms with Crippen molar-refractivity contribution in [3.63, 3.8) is 0 Å². The second-order valence-electron chi connectivity index (χ2n) is 4.81. The Bertz CT molecular complexity index is 468. The maximum Gasteiger partial charge on any atom is 0.254 e. The summed E-state index contributed by atoms with van der Waals surface area (Å²) in [5.41, 5.74) is 7.30. The summed E-state index contributed by atoms with van der Waals surface area (Å²) >= 11 is 0. The summed E-state index contributed by atoms with van der Waals surface area (Å²) in [4.78, 5) is 14.2. The maximum atomic E-state index is 12.4. The number of benzene rings is 1. The smallest absolute Gasteiger partial charge is 0.254 e. The van der Waals surface area contributed by atoms with Crippen LogP contribution < -0.4 is 15.2 Å². The highest BCUT2D eigenvalue weighted by Crippen LogP contribution is 2.30. The van der Waals surface area contributed by atoms with E-state index in [0.29, 0.717) is 30.2 Å². The Balaban J connectivity index is 0.00000200. The monoisotopic (exact) mass is 300 g/mol. The van der Waals surface area contributed by atoms with Crippen molar-refractivity contribution in [2.24, 2.45) is 5.73 Å². The molecule has 0 spiro atoms. The third kappa shape index (κ3) is 3.16. The molecular formula is C14H21ClN2O3. The Hall–Kier alpha value is -1.46. The molecule has 1 aliphatic heterocycles. The quantitative estimate of drug-likeness (QED) is 0.921. The highest BCUT2D eigenvalue weighted by molar-refractivity contribution is 5.95. The molecular weight excluding hydrogens is 280 g/mol. The van der Waals surface area contributed by atoms with E-state index >= 15 is 0 Å². The summed E-state index contributed by atoms with van der Waals surface area (Å²) < 4.78 is 10.6. The minimum Gasteiger partial charge on any atom is -0.496 e. The summed E-state index contributed by atoms with van der Waals surface area (Å²) in [6, 6.07) is 3.59. The van der Waals surface area contributed by atoms with Gasteiger partial charge in [-0.15, -0.1) is 12.4 Å². The Morgan fingerprint density at radius 3 is 2.25 bits per heavy atom. The third-order valence-corrected chi connectivity index (χ3v) is 3.51. The zero-order valence-corrected chi connectivity index (χ0v) is 12.8. The Morgan fingerprint density at radius 2 is 1.85 bits per heavy atom. The average molecular weight is 301 g/mol. The molecule has 1 heterocycles. The van der Waals surface area contributed by atoms with Crippen molar-refractivity contribution >= 4 is 18.3 Å². The predicted molar refractivity (Wildman–Crippen MR) is 80.0 cm³/mol. The fourth-order valence-corrected chi connectivity index (χ4v) is 2.36. The lowest BCUT2D eigenvalue weighted by Crippen LogP contribution is -2.31. The van der Waals surface area contributed by atoms with Crippen LogP contribution in [0.5, 0.6) is 11.5 Å². The van der Waals surface area contributed by atoms with Crippen molar-refractivity contribution in [2.75, 3.05) is 27.3 Å². The van der Waals surface area contributed by atoms with E-state index in [1.807, 2.05) is 6.92 Å². The molecule has 0 saturated carbocycles. The first-order valence-corrected chi connectivity index (χ1v) is 6.34. The highest BCUT2D eigenvalue weighted by atomic mass is 35.5. The molecule has 1 aromatic carbocycles. The first kappa shape index (κ1) is 16.6. The normalized spacial score (nSPS) is 17.6. The summed E-state index contributed by atoms with van der Waals surface area (Å²) in [6.45, 7) is 3.22. The molecule has 0 radical (unpaired) electrons. The van der Waals surface area contributed by atoms with Crippen LogP contribution in [0.3, 0.4) is 0 Å². The molecule has 2 rings (SSSR count). The number of ether oxygens (including phenoxy) is 2. The zero-order valence-electron chi connectivity index (χ0n) is 12.0. The SMILES string of the molecule is COc1cc(C(=O)N2CC[C@@H](N)C2)cc(OC)c1C.Cl. The zero-order chi connectivity index (χ0) is 14.0. The summed E-state index contributed by atoms with van der Waals surface area (Å²) in [6.07, 6.45) is 0.853. The van der Waals surface area contributed by atoms with E-state index in [9.17, 15) is 4.79 Å². The van der Waals surface area contributed by atoms with E-state index in [1.165, 1.54) is 0 Å². The summed E-state index contributed by atoms with van der Waals surface area (Å²) in [5.74, 6) is 1.29. The van der Waals surface area contributed by atoms with Gasteiger partial charge in [-0.2, -0.15) is 0 Å². The van der Waals surface area contributed by atoms with Crippen LogP contribution in [0.25, 0.3) is 0 Å². The highest BCUT2D eigenvalue weighted by Gasteiger charge is 2.25. The van der Waals surface area contributed by atoms with Gasteiger partial charge in [0.15, 0.2) is 0 Å². The first-order chi connectivity index (χ1) is 9.06. The van der Waals surface area contributed by atoms with Crippen molar-refractivity contribution in [1.29, 1.82) is 0 Å². The van der Waals surface area contributed by atoms with Crippen molar-refractivity contribution in [3.05, 3.63) is 23.3 Å². The van der Waals surface area contributed by atoms with Gasteiger partial charge in [-0.25, -0.2) is 0 Å². The van der Waals surface area contributed by atoms with Crippen LogP contribution in [0, 0.1) is 6.92 Å². The fraction of sp³-hybridized carbons (Fsp3) is 0.500. The second-order valence-corrected chi connectivity index (χ2v) is 4.81. The van der Waals surface area contributed by atoms with Crippen molar-refractivity contribution in [1.82, 2.24) is 4.90 Å². The van der Waals surface area contributed by atoms with E-state index in [2.05, 4.69) is 0 Å². The number of halogens is 1. The summed E-state index contributed by atoms with van der Waals surface area (Å²) in [5, 5.41) is 0. The molecule has 0 aliphatic carbocycles. The minimum atomic E-state index is -0.0236. The molecule has 112 valence electrons. The number of nitrogens with two attached hydrogens (primary N) is 1. The molecule has 5 nitrogen and oxygen atoms in total. The van der Waals surface area contributed by atoms with Crippen LogP contribution in [0.2, 0.25) is 0 Å². The Kier molecular flexibility index (Phi) is 5.65. The van der Waals surface area contributed by atoms with Gasteiger partial charge in [-0.1, -0.05) is 0 Å². The topological polar surface area (TPSA) is 64.8 Å². The molecule has 6 heteroatoms. The number of nitrogens with zero attached hydrogens (tertiary/aromatic N) is 1. The Morgan fingerprint density at radius 1 is 1.30 bits per heavy atom. The number of likely N-dealkylation sites (tertiary alicyclic amines) is 1. The molecule has 0 bridgehead atoms. The first-order valence-electron chi connectivity index (χ1n) is 6.34. The van der Waals surface area contributed by atoms with Crippen LogP contribution in [0.1, 0.15) is 22.3 Å². The average Bonchev–Trinajstić information content (AvgIpc) is 2.85. The number of amides is 1. The lowest BCUT2D eigenvalue weighted by Gasteiger charge is -2.18. The van der Waals surface area contributed by atoms with E-state index in [4.69, 9.17) is 15.2 Å². The number of hydrogen-bond acceptors (Lipinski definition) is 4.